The van der Waals surface area contributed by atoms with E-state index in [0.29, 0.717) is 16.8 Å². The van der Waals surface area contributed by atoms with Gasteiger partial charge >= 0.3 is 0 Å². The monoisotopic (exact) mass is 567 g/mol. The molecule has 1 saturated carbocycles. The van der Waals surface area contributed by atoms with E-state index in [1.54, 1.807) is 23.0 Å². The summed E-state index contributed by atoms with van der Waals surface area (Å²) in [5.41, 5.74) is 3.06. The first kappa shape index (κ1) is 28.2. The Hall–Kier alpha value is -2.32. The van der Waals surface area contributed by atoms with Gasteiger partial charge in [0.2, 0.25) is 5.91 Å². The number of nitrogens with one attached hydrogen (secondary N) is 1. The molecule has 0 bridgehead atoms. The fraction of sp³-hybridized carbons (Fsp3) is 0.581. The highest BCUT2D eigenvalue weighted by molar-refractivity contribution is 7.99. The molecular weight excluding hydrogens is 526 g/mol. The lowest BCUT2D eigenvalue weighted by molar-refractivity contribution is -0.119. The van der Waals surface area contributed by atoms with Gasteiger partial charge in [0.25, 0.3) is 5.56 Å². The van der Waals surface area contributed by atoms with Gasteiger partial charge in [-0.25, -0.2) is 4.98 Å². The maximum atomic E-state index is 14.3. The summed E-state index contributed by atoms with van der Waals surface area (Å²) >= 11 is 3.01. The standard InChI is InChI=1S/C31H41N3O3S2/c1-18-7-11-21(12-8-18)32-26(35)17-38-30-33-28-27(23-14-10-20(31(3,4)5)15-25(23)39-28)29(36)34(30)24-16-22(37-6)13-9-19(24)2/h9,13,16,18,20-21H,7-8,10-12,14-15,17H2,1-6H3,(H,32,35). The minimum Gasteiger partial charge on any atom is -0.497 e. The molecule has 2 aliphatic rings. The van der Waals surface area contributed by atoms with Crippen molar-refractivity contribution in [2.75, 3.05) is 12.9 Å². The van der Waals surface area contributed by atoms with E-state index in [0.717, 1.165) is 72.3 Å². The lowest BCUT2D eigenvalue weighted by atomic mass is 9.72. The number of benzene rings is 1. The summed E-state index contributed by atoms with van der Waals surface area (Å²) in [6, 6.07) is 6.01. The van der Waals surface area contributed by atoms with Crippen LogP contribution in [0.3, 0.4) is 0 Å². The highest BCUT2D eigenvalue weighted by atomic mass is 32.2. The van der Waals surface area contributed by atoms with Gasteiger partial charge in [-0.1, -0.05) is 45.5 Å². The molecule has 0 radical (unpaired) electrons. The molecule has 1 N–H and O–H groups in total. The quantitative estimate of drug-likeness (QED) is 0.265. The molecule has 1 fully saturated rings. The van der Waals surface area contributed by atoms with Crippen LogP contribution in [0.5, 0.6) is 5.75 Å². The van der Waals surface area contributed by atoms with Gasteiger partial charge in [0, 0.05) is 17.0 Å². The highest BCUT2D eigenvalue weighted by Gasteiger charge is 2.32. The molecule has 8 heteroatoms. The van der Waals surface area contributed by atoms with Gasteiger partial charge in [-0.15, -0.1) is 11.3 Å². The van der Waals surface area contributed by atoms with Crippen LogP contribution in [0, 0.1) is 24.2 Å². The van der Waals surface area contributed by atoms with E-state index in [1.807, 2.05) is 25.1 Å². The Morgan fingerprint density at radius 1 is 1.21 bits per heavy atom. The van der Waals surface area contributed by atoms with Crippen LogP contribution < -0.4 is 15.6 Å². The molecule has 0 aliphatic heterocycles. The van der Waals surface area contributed by atoms with Crippen molar-refractivity contribution in [1.29, 1.82) is 0 Å². The number of hydrogen-bond acceptors (Lipinski definition) is 6. The van der Waals surface area contributed by atoms with Crippen LogP contribution in [0.2, 0.25) is 0 Å². The fourth-order valence-corrected chi connectivity index (χ4v) is 8.17. The Bertz CT molecular complexity index is 1430. The van der Waals surface area contributed by atoms with Gasteiger partial charge in [-0.3, -0.25) is 14.2 Å². The summed E-state index contributed by atoms with van der Waals surface area (Å²) in [5, 5.41) is 4.52. The molecule has 0 spiro atoms. The van der Waals surface area contributed by atoms with Crippen molar-refractivity contribution in [3.8, 4) is 11.4 Å². The third kappa shape index (κ3) is 5.92. The first-order valence-corrected chi connectivity index (χ1v) is 16.0. The number of amides is 1. The molecule has 1 atom stereocenters. The Labute approximate surface area is 239 Å². The second-order valence-electron chi connectivity index (χ2n) is 12.5. The molecule has 6 nitrogen and oxygen atoms in total. The predicted molar refractivity (Wildman–Crippen MR) is 162 cm³/mol. The molecule has 1 unspecified atom stereocenters. The average molecular weight is 568 g/mol. The van der Waals surface area contributed by atoms with Crippen molar-refractivity contribution in [1.82, 2.24) is 14.9 Å². The van der Waals surface area contributed by atoms with Gasteiger partial charge in [-0.05, 0) is 86.3 Å². The zero-order chi connectivity index (χ0) is 27.9. The zero-order valence-electron chi connectivity index (χ0n) is 24.1. The minimum absolute atomic E-state index is 0.00121. The van der Waals surface area contributed by atoms with Gasteiger partial charge < -0.3 is 10.1 Å². The molecule has 1 amide bonds. The van der Waals surface area contributed by atoms with Crippen LogP contribution in [-0.4, -0.2) is 34.4 Å². The Morgan fingerprint density at radius 2 is 1.95 bits per heavy atom. The molecule has 210 valence electrons. The molecule has 2 aromatic heterocycles. The largest absolute Gasteiger partial charge is 0.497 e. The van der Waals surface area contributed by atoms with Gasteiger partial charge in [0.05, 0.1) is 23.9 Å². The molecular formula is C31H41N3O3S2. The number of thioether (sulfide) groups is 1. The molecule has 1 aromatic carbocycles. The average Bonchev–Trinajstić information content (AvgIpc) is 3.27. The second kappa shape index (κ2) is 11.3. The number of thiophene rings is 1. The maximum absolute atomic E-state index is 14.3. The van der Waals surface area contributed by atoms with Crippen molar-refractivity contribution in [2.45, 2.75) is 90.8 Å². The minimum atomic E-state index is -0.0489. The number of carbonyl (C=O) groups is 1. The number of methoxy groups -OCH3 is 1. The first-order chi connectivity index (χ1) is 18.5. The summed E-state index contributed by atoms with van der Waals surface area (Å²) in [5.74, 6) is 2.23. The number of aromatic nitrogens is 2. The number of nitrogens with zero attached hydrogens (tertiary/aromatic N) is 2. The molecule has 0 saturated heterocycles. The number of hydrogen-bond donors (Lipinski definition) is 1. The number of ether oxygens (including phenoxy) is 1. The van der Waals surface area contributed by atoms with E-state index in [4.69, 9.17) is 9.72 Å². The Morgan fingerprint density at radius 3 is 2.64 bits per heavy atom. The molecule has 2 aliphatic carbocycles. The van der Waals surface area contributed by atoms with Crippen molar-refractivity contribution in [3.05, 3.63) is 44.6 Å². The number of rotatable bonds is 6. The van der Waals surface area contributed by atoms with E-state index >= 15 is 0 Å². The van der Waals surface area contributed by atoms with Crippen LogP contribution in [-0.2, 0) is 17.6 Å². The fourth-order valence-electron chi connectivity index (χ4n) is 6.02. The van der Waals surface area contributed by atoms with Crippen LogP contribution in [0.4, 0.5) is 0 Å². The third-order valence-electron chi connectivity index (χ3n) is 8.65. The normalized spacial score (nSPS) is 21.5. The van der Waals surface area contributed by atoms with Crippen LogP contribution in [0.1, 0.15) is 75.8 Å². The predicted octanol–water partition coefficient (Wildman–Crippen LogP) is 6.70. The second-order valence-corrected chi connectivity index (χ2v) is 14.5. The highest BCUT2D eigenvalue weighted by Crippen LogP contribution is 2.42. The van der Waals surface area contributed by atoms with E-state index in [2.05, 4.69) is 33.0 Å². The summed E-state index contributed by atoms with van der Waals surface area (Å²) in [6.07, 6.45) is 7.35. The lowest BCUT2D eigenvalue weighted by Crippen LogP contribution is -2.38. The zero-order valence-corrected chi connectivity index (χ0v) is 25.7. The number of aryl methyl sites for hydroxylation is 2. The first-order valence-electron chi connectivity index (χ1n) is 14.2. The molecule has 3 aromatic rings. The van der Waals surface area contributed by atoms with Crippen LogP contribution >= 0.6 is 23.1 Å². The lowest BCUT2D eigenvalue weighted by Gasteiger charge is -2.33. The van der Waals surface area contributed by atoms with Crippen molar-refractivity contribution in [2.24, 2.45) is 17.3 Å². The third-order valence-corrected chi connectivity index (χ3v) is 10.7. The summed E-state index contributed by atoms with van der Waals surface area (Å²) < 4.78 is 7.21. The summed E-state index contributed by atoms with van der Waals surface area (Å²) in [4.78, 5) is 34.4. The number of carbonyl (C=O) groups excluding carboxylic acids is 1. The smallest absolute Gasteiger partial charge is 0.267 e. The van der Waals surface area contributed by atoms with E-state index in [1.165, 1.54) is 22.2 Å². The molecule has 39 heavy (non-hydrogen) atoms. The van der Waals surface area contributed by atoms with Gasteiger partial charge in [0.15, 0.2) is 5.16 Å². The maximum Gasteiger partial charge on any atom is 0.267 e. The summed E-state index contributed by atoms with van der Waals surface area (Å²) in [6.45, 7) is 11.2. The van der Waals surface area contributed by atoms with Gasteiger partial charge in [0.1, 0.15) is 10.6 Å². The Balaban J connectivity index is 1.53. The van der Waals surface area contributed by atoms with Crippen molar-refractivity contribution < 1.29 is 9.53 Å². The van der Waals surface area contributed by atoms with Gasteiger partial charge in [-0.2, -0.15) is 0 Å². The summed E-state index contributed by atoms with van der Waals surface area (Å²) in [7, 11) is 1.63. The van der Waals surface area contributed by atoms with Crippen LogP contribution in [0.15, 0.2) is 28.2 Å². The SMILES string of the molecule is COc1ccc(C)c(-n2c(SCC(=O)NC3CCC(C)CC3)nc3sc4c(c3c2=O)CCC(C(C)(C)C)C4)c1. The van der Waals surface area contributed by atoms with E-state index < -0.39 is 0 Å². The van der Waals surface area contributed by atoms with E-state index in [9.17, 15) is 9.59 Å². The van der Waals surface area contributed by atoms with Crippen molar-refractivity contribution >= 4 is 39.2 Å². The number of fused-ring (bicyclic) bond motifs is 3. The Kier molecular flexibility index (Phi) is 8.16. The van der Waals surface area contributed by atoms with E-state index in [-0.39, 0.29) is 28.7 Å². The molecule has 2 heterocycles. The topological polar surface area (TPSA) is 73.2 Å². The van der Waals surface area contributed by atoms with Crippen LogP contribution in [0.25, 0.3) is 15.9 Å². The molecule has 5 rings (SSSR count). The van der Waals surface area contributed by atoms with Crippen molar-refractivity contribution in [3.63, 3.8) is 0 Å².